The van der Waals surface area contributed by atoms with Gasteiger partial charge in [-0.25, -0.2) is 18.4 Å². The number of hydrogen-bond donors (Lipinski definition) is 0. The first kappa shape index (κ1) is 15.5. The maximum atomic E-state index is 11.5. The van der Waals surface area contributed by atoms with Crippen LogP contribution in [-0.4, -0.2) is 42.8 Å². The van der Waals surface area contributed by atoms with E-state index in [1.165, 1.54) is 12.5 Å². The Hall–Kier alpha value is -2.41. The van der Waals surface area contributed by atoms with E-state index >= 15 is 0 Å². The summed E-state index contributed by atoms with van der Waals surface area (Å²) in [6, 6.07) is 11.3. The minimum Gasteiger partial charge on any atom is -0.358 e. The molecule has 0 bridgehead atoms. The molecule has 120 valence electrons. The average Bonchev–Trinajstić information content (AvgIpc) is 2.95. The zero-order chi connectivity index (χ0) is 16.4. The minimum atomic E-state index is -3.21. The summed E-state index contributed by atoms with van der Waals surface area (Å²) in [7, 11) is -1.28. The molecule has 0 amide bonds. The molecule has 23 heavy (non-hydrogen) atoms. The van der Waals surface area contributed by atoms with Crippen LogP contribution in [-0.2, 0) is 16.4 Å². The fourth-order valence-electron chi connectivity index (χ4n) is 2.38. The molecule has 0 saturated carbocycles. The molecule has 0 unspecified atom stereocenters. The second-order valence-electron chi connectivity index (χ2n) is 5.47. The molecule has 3 aromatic rings. The van der Waals surface area contributed by atoms with Crippen molar-refractivity contribution in [2.75, 3.05) is 24.7 Å². The van der Waals surface area contributed by atoms with E-state index in [-0.39, 0.29) is 4.90 Å². The monoisotopic (exact) mass is 330 g/mol. The number of likely N-dealkylation sites (N-methyl/N-ethyl adjacent to an activating group) is 1. The number of sulfone groups is 1. The molecule has 0 radical (unpaired) electrons. The molecule has 2 heterocycles. The van der Waals surface area contributed by atoms with E-state index in [1.807, 2.05) is 42.5 Å². The summed E-state index contributed by atoms with van der Waals surface area (Å²) >= 11 is 0. The highest BCUT2D eigenvalue weighted by molar-refractivity contribution is 7.90. The molecule has 0 aliphatic carbocycles. The lowest BCUT2D eigenvalue weighted by atomic mass is 10.3. The van der Waals surface area contributed by atoms with Crippen molar-refractivity contribution in [1.82, 2.24) is 14.5 Å². The van der Waals surface area contributed by atoms with E-state index < -0.39 is 9.84 Å². The van der Waals surface area contributed by atoms with Gasteiger partial charge in [0, 0.05) is 32.6 Å². The van der Waals surface area contributed by atoms with Crippen molar-refractivity contribution in [1.29, 1.82) is 0 Å². The van der Waals surface area contributed by atoms with Gasteiger partial charge in [0.15, 0.2) is 9.84 Å². The van der Waals surface area contributed by atoms with Gasteiger partial charge in [0.05, 0.1) is 22.3 Å². The van der Waals surface area contributed by atoms with Crippen LogP contribution in [0.3, 0.4) is 0 Å². The highest BCUT2D eigenvalue weighted by Crippen LogP contribution is 2.15. The van der Waals surface area contributed by atoms with E-state index in [9.17, 15) is 8.42 Å². The molecule has 2 aromatic heterocycles. The van der Waals surface area contributed by atoms with Crippen LogP contribution >= 0.6 is 0 Å². The van der Waals surface area contributed by atoms with Gasteiger partial charge in [-0.2, -0.15) is 0 Å². The SMILES string of the molecule is CN(CCn1cnc2ccccc21)c1ccc(S(C)(=O)=O)cn1. The first-order valence-electron chi connectivity index (χ1n) is 7.22. The lowest BCUT2D eigenvalue weighted by molar-refractivity contribution is 0.601. The number of benzene rings is 1. The Balaban J connectivity index is 1.71. The zero-order valence-electron chi connectivity index (χ0n) is 13.0. The van der Waals surface area contributed by atoms with E-state index in [1.54, 1.807) is 12.1 Å². The molecule has 6 nitrogen and oxygen atoms in total. The van der Waals surface area contributed by atoms with Gasteiger partial charge in [0.25, 0.3) is 0 Å². The van der Waals surface area contributed by atoms with Gasteiger partial charge in [0.2, 0.25) is 0 Å². The standard InChI is InChI=1S/C16H18N4O2S/c1-19(16-8-7-13(11-17-16)23(2,21)22)9-10-20-12-18-14-5-3-4-6-15(14)20/h3-8,11-12H,9-10H2,1-2H3. The zero-order valence-corrected chi connectivity index (χ0v) is 13.9. The van der Waals surface area contributed by atoms with Crippen molar-refractivity contribution in [2.45, 2.75) is 11.4 Å². The third-order valence-corrected chi connectivity index (χ3v) is 4.84. The molecule has 0 spiro atoms. The first-order valence-corrected chi connectivity index (χ1v) is 9.11. The van der Waals surface area contributed by atoms with Crippen LogP contribution in [0.2, 0.25) is 0 Å². The molecule has 3 rings (SSSR count). The largest absolute Gasteiger partial charge is 0.358 e. The van der Waals surface area contributed by atoms with Gasteiger partial charge in [-0.1, -0.05) is 12.1 Å². The normalized spacial score (nSPS) is 11.7. The maximum Gasteiger partial charge on any atom is 0.177 e. The van der Waals surface area contributed by atoms with Gasteiger partial charge in [0.1, 0.15) is 5.82 Å². The van der Waals surface area contributed by atoms with Gasteiger partial charge in [-0.3, -0.25) is 0 Å². The summed E-state index contributed by atoms with van der Waals surface area (Å²) in [5.74, 6) is 0.738. The van der Waals surface area contributed by atoms with Gasteiger partial charge in [-0.05, 0) is 24.3 Å². The number of imidazole rings is 1. The third-order valence-electron chi connectivity index (χ3n) is 3.74. The Morgan fingerprint density at radius 3 is 2.61 bits per heavy atom. The van der Waals surface area contributed by atoms with Gasteiger partial charge < -0.3 is 9.47 Å². The second kappa shape index (κ2) is 6.00. The van der Waals surface area contributed by atoms with Crippen molar-refractivity contribution < 1.29 is 8.42 Å². The molecular formula is C16H18N4O2S. The van der Waals surface area contributed by atoms with E-state index in [2.05, 4.69) is 14.5 Å². The summed E-state index contributed by atoms with van der Waals surface area (Å²) in [4.78, 5) is 10.8. The topological polar surface area (TPSA) is 68.1 Å². The number of para-hydroxylation sites is 2. The molecular weight excluding hydrogens is 312 g/mol. The fraction of sp³-hybridized carbons (Fsp3) is 0.250. The lowest BCUT2D eigenvalue weighted by Gasteiger charge is -2.18. The number of pyridine rings is 1. The van der Waals surface area contributed by atoms with E-state index in [4.69, 9.17) is 0 Å². The molecule has 0 saturated heterocycles. The smallest absolute Gasteiger partial charge is 0.177 e. The lowest BCUT2D eigenvalue weighted by Crippen LogP contribution is -2.23. The van der Waals surface area contributed by atoms with Crippen LogP contribution in [0.25, 0.3) is 11.0 Å². The van der Waals surface area contributed by atoms with Crippen LogP contribution < -0.4 is 4.90 Å². The van der Waals surface area contributed by atoms with E-state index in [0.29, 0.717) is 0 Å². The number of aromatic nitrogens is 3. The fourth-order valence-corrected chi connectivity index (χ4v) is 2.94. The van der Waals surface area contributed by atoms with Crippen LogP contribution in [0.1, 0.15) is 0 Å². The van der Waals surface area contributed by atoms with Crippen LogP contribution in [0.5, 0.6) is 0 Å². The number of hydrogen-bond acceptors (Lipinski definition) is 5. The van der Waals surface area contributed by atoms with Crippen molar-refractivity contribution >= 4 is 26.7 Å². The molecule has 0 atom stereocenters. The maximum absolute atomic E-state index is 11.5. The molecule has 0 N–H and O–H groups in total. The Labute approximate surface area is 135 Å². The molecule has 0 aliphatic heterocycles. The quantitative estimate of drug-likeness (QED) is 0.715. The van der Waals surface area contributed by atoms with Gasteiger partial charge in [-0.15, -0.1) is 0 Å². The minimum absolute atomic E-state index is 0.232. The Kier molecular flexibility index (Phi) is 4.04. The summed E-state index contributed by atoms with van der Waals surface area (Å²) in [6.07, 6.45) is 4.41. The van der Waals surface area contributed by atoms with E-state index in [0.717, 1.165) is 29.9 Å². The number of anilines is 1. The highest BCUT2D eigenvalue weighted by atomic mass is 32.2. The first-order chi connectivity index (χ1) is 10.9. The average molecular weight is 330 g/mol. The molecule has 0 fully saturated rings. The molecule has 0 aliphatic rings. The summed E-state index contributed by atoms with van der Waals surface area (Å²) in [5, 5.41) is 0. The molecule has 1 aromatic carbocycles. The summed E-state index contributed by atoms with van der Waals surface area (Å²) in [5.41, 5.74) is 2.08. The predicted octanol–water partition coefficient (Wildman–Crippen LogP) is 1.97. The van der Waals surface area contributed by atoms with Crippen LogP contribution in [0, 0.1) is 0 Å². The third kappa shape index (κ3) is 3.34. The van der Waals surface area contributed by atoms with Crippen molar-refractivity contribution in [3.8, 4) is 0 Å². The highest BCUT2D eigenvalue weighted by Gasteiger charge is 2.09. The van der Waals surface area contributed by atoms with Crippen molar-refractivity contribution in [2.24, 2.45) is 0 Å². The number of fused-ring (bicyclic) bond motifs is 1. The van der Waals surface area contributed by atoms with Crippen molar-refractivity contribution in [3.05, 3.63) is 48.9 Å². The van der Waals surface area contributed by atoms with Gasteiger partial charge >= 0.3 is 0 Å². The predicted molar refractivity (Wildman–Crippen MR) is 90.3 cm³/mol. The summed E-state index contributed by atoms with van der Waals surface area (Å²) < 4.78 is 25.0. The Bertz CT molecular complexity index is 917. The molecule has 7 heteroatoms. The van der Waals surface area contributed by atoms with Crippen molar-refractivity contribution in [3.63, 3.8) is 0 Å². The second-order valence-corrected chi connectivity index (χ2v) is 7.49. The Morgan fingerprint density at radius 2 is 1.91 bits per heavy atom. The number of nitrogens with zero attached hydrogens (tertiary/aromatic N) is 4. The Morgan fingerprint density at radius 1 is 1.13 bits per heavy atom. The number of rotatable bonds is 5. The summed E-state index contributed by atoms with van der Waals surface area (Å²) in [6.45, 7) is 1.51. The van der Waals surface area contributed by atoms with Crippen LogP contribution in [0.15, 0.2) is 53.8 Å². The van der Waals surface area contributed by atoms with Crippen LogP contribution in [0.4, 0.5) is 5.82 Å².